The monoisotopic (exact) mass is 331 g/mol. The molecule has 0 saturated carbocycles. The molecule has 3 aromatic rings. The fraction of sp³-hybridized carbons (Fsp3) is 0.0500. The summed E-state index contributed by atoms with van der Waals surface area (Å²) in [5.74, 6) is 0. The van der Waals surface area contributed by atoms with Gasteiger partial charge in [-0.3, -0.25) is 0 Å². The van der Waals surface area contributed by atoms with Gasteiger partial charge in [0.1, 0.15) is 6.17 Å². The lowest BCUT2D eigenvalue weighted by Gasteiger charge is -2.41. The Labute approximate surface area is 146 Å². The van der Waals surface area contributed by atoms with E-state index in [1.54, 1.807) is 10.0 Å². The van der Waals surface area contributed by atoms with Crippen LogP contribution in [0.15, 0.2) is 91.0 Å². The summed E-state index contributed by atoms with van der Waals surface area (Å²) in [4.78, 5) is 13.0. The smallest absolute Gasteiger partial charge is 0.245 e. The van der Waals surface area contributed by atoms with Crippen LogP contribution in [0.25, 0.3) is 0 Å². The van der Waals surface area contributed by atoms with Crippen molar-refractivity contribution in [2.75, 3.05) is 10.0 Å². The second-order valence-electron chi connectivity index (χ2n) is 5.73. The third kappa shape index (κ3) is 3.10. The number of carbonyl (C=O) groups excluding carboxylic acids is 1. The SMILES string of the molecule is O=C1N(c2ccccc2)NC(c2ccccc2)N[15N]1c1ccccc1. The van der Waals surface area contributed by atoms with Gasteiger partial charge in [0.15, 0.2) is 0 Å². The van der Waals surface area contributed by atoms with Crippen LogP contribution in [-0.2, 0) is 0 Å². The van der Waals surface area contributed by atoms with E-state index in [1.807, 2.05) is 91.0 Å². The van der Waals surface area contributed by atoms with Crippen molar-refractivity contribution in [3.63, 3.8) is 0 Å². The van der Waals surface area contributed by atoms with Crippen molar-refractivity contribution in [1.29, 1.82) is 0 Å². The molecule has 5 heteroatoms. The Balaban J connectivity index is 1.73. The molecule has 3 aromatic carbocycles. The van der Waals surface area contributed by atoms with Crippen LogP contribution in [-0.4, -0.2) is 6.03 Å². The zero-order valence-electron chi connectivity index (χ0n) is 13.5. The first kappa shape index (κ1) is 15.4. The number of amides is 2. The molecule has 4 rings (SSSR count). The van der Waals surface area contributed by atoms with Crippen molar-refractivity contribution in [1.82, 2.24) is 10.9 Å². The van der Waals surface area contributed by atoms with Gasteiger partial charge in [-0.25, -0.2) is 25.7 Å². The average Bonchev–Trinajstić information content (AvgIpc) is 2.70. The summed E-state index contributed by atoms with van der Waals surface area (Å²) in [6.07, 6.45) is -0.237. The second kappa shape index (κ2) is 6.76. The zero-order chi connectivity index (χ0) is 17.1. The highest BCUT2D eigenvalue weighted by molar-refractivity contribution is 6.03. The van der Waals surface area contributed by atoms with Gasteiger partial charge in [-0.15, -0.1) is 0 Å². The molecule has 0 radical (unpaired) electrons. The van der Waals surface area contributed by atoms with Crippen molar-refractivity contribution in [3.8, 4) is 0 Å². The summed E-state index contributed by atoms with van der Waals surface area (Å²) >= 11 is 0. The summed E-state index contributed by atoms with van der Waals surface area (Å²) < 4.78 is 0. The molecule has 25 heavy (non-hydrogen) atoms. The summed E-state index contributed by atoms with van der Waals surface area (Å²) in [6.45, 7) is 0. The molecule has 1 fully saturated rings. The number of para-hydroxylation sites is 2. The van der Waals surface area contributed by atoms with Crippen LogP contribution < -0.4 is 20.9 Å². The summed E-state index contributed by atoms with van der Waals surface area (Å²) in [7, 11) is 0. The lowest BCUT2D eigenvalue weighted by Crippen LogP contribution is -2.65. The van der Waals surface area contributed by atoms with Crippen LogP contribution in [0.1, 0.15) is 11.7 Å². The average molecular weight is 331 g/mol. The summed E-state index contributed by atoms with van der Waals surface area (Å²) in [5, 5.41) is 3.14. The van der Waals surface area contributed by atoms with E-state index < -0.39 is 0 Å². The molecule has 1 unspecified atom stereocenters. The summed E-state index contributed by atoms with van der Waals surface area (Å²) in [5.41, 5.74) is 9.15. The van der Waals surface area contributed by atoms with Crippen molar-refractivity contribution in [2.45, 2.75) is 6.17 Å². The van der Waals surface area contributed by atoms with Crippen LogP contribution >= 0.6 is 0 Å². The first-order chi connectivity index (χ1) is 12.3. The quantitative estimate of drug-likeness (QED) is 0.717. The predicted molar refractivity (Wildman–Crippen MR) is 98.7 cm³/mol. The van der Waals surface area contributed by atoms with Gasteiger partial charge in [0.25, 0.3) is 0 Å². The molecule has 2 amide bonds. The Morgan fingerprint density at radius 1 is 0.600 bits per heavy atom. The highest BCUT2D eigenvalue weighted by Gasteiger charge is 2.33. The fourth-order valence-corrected chi connectivity index (χ4v) is 2.82. The molecule has 0 aromatic heterocycles. The molecular weight excluding hydrogens is 313 g/mol. The maximum Gasteiger partial charge on any atom is 0.358 e. The highest BCUT2D eigenvalue weighted by atomic mass is 16.3. The molecule has 2 N–H and O–H groups in total. The van der Waals surface area contributed by atoms with Crippen molar-refractivity contribution in [3.05, 3.63) is 96.6 Å². The number of carbonyl (C=O) groups is 1. The van der Waals surface area contributed by atoms with Crippen LogP contribution in [0, 0.1) is 0 Å². The number of nitrogens with zero attached hydrogens (tertiary/aromatic N) is 2. The van der Waals surface area contributed by atoms with E-state index in [0.717, 1.165) is 16.9 Å². The lowest BCUT2D eigenvalue weighted by atomic mass is 10.2. The van der Waals surface area contributed by atoms with Crippen LogP contribution in [0.5, 0.6) is 0 Å². The number of hydrogen-bond donors (Lipinski definition) is 2. The molecule has 1 atom stereocenters. The number of hydrazine groups is 2. The van der Waals surface area contributed by atoms with Gasteiger partial charge in [-0.2, -0.15) is 0 Å². The summed E-state index contributed by atoms with van der Waals surface area (Å²) in [6, 6.07) is 28.9. The van der Waals surface area contributed by atoms with Crippen molar-refractivity contribution in [2.24, 2.45) is 0 Å². The minimum Gasteiger partial charge on any atom is -0.245 e. The second-order valence-corrected chi connectivity index (χ2v) is 5.73. The zero-order valence-corrected chi connectivity index (χ0v) is 13.5. The normalized spacial score (nSPS) is 17.6. The van der Waals surface area contributed by atoms with E-state index in [-0.39, 0.29) is 12.2 Å². The molecule has 1 heterocycles. The number of anilines is 2. The van der Waals surface area contributed by atoms with Crippen molar-refractivity contribution >= 4 is 17.4 Å². The molecule has 5 nitrogen and oxygen atoms in total. The Kier molecular flexibility index (Phi) is 4.16. The maximum atomic E-state index is 13.0. The highest BCUT2D eigenvalue weighted by Crippen LogP contribution is 2.25. The van der Waals surface area contributed by atoms with Gasteiger partial charge in [-0.1, -0.05) is 66.7 Å². The largest absolute Gasteiger partial charge is 0.358 e. The van der Waals surface area contributed by atoms with E-state index in [1.165, 1.54) is 0 Å². The van der Waals surface area contributed by atoms with Crippen molar-refractivity contribution < 1.29 is 4.79 Å². The van der Waals surface area contributed by atoms with E-state index in [0.29, 0.717) is 0 Å². The number of benzene rings is 3. The van der Waals surface area contributed by atoms with Crippen LogP contribution in [0.4, 0.5) is 16.2 Å². The number of urea groups is 1. The Bertz CT molecular complexity index is 788. The molecular formula is C20H18N4O. The van der Waals surface area contributed by atoms with Gasteiger partial charge in [-0.05, 0) is 29.8 Å². The van der Waals surface area contributed by atoms with Gasteiger partial charge in [0.2, 0.25) is 0 Å². The van der Waals surface area contributed by atoms with Gasteiger partial charge >= 0.3 is 6.03 Å². The molecule has 1 aliphatic rings. The number of hydrogen-bond acceptors (Lipinski definition) is 3. The molecule has 124 valence electrons. The van der Waals surface area contributed by atoms with E-state index >= 15 is 0 Å². The van der Waals surface area contributed by atoms with Gasteiger partial charge < -0.3 is 0 Å². The molecule has 0 bridgehead atoms. The third-order valence-corrected chi connectivity index (χ3v) is 4.06. The first-order valence-corrected chi connectivity index (χ1v) is 8.14. The third-order valence-electron chi connectivity index (χ3n) is 4.06. The molecule has 0 spiro atoms. The molecule has 1 saturated heterocycles. The first-order valence-electron chi connectivity index (χ1n) is 8.14. The predicted octanol–water partition coefficient (Wildman–Crippen LogP) is 3.84. The Morgan fingerprint density at radius 3 is 1.44 bits per heavy atom. The Morgan fingerprint density at radius 2 is 1.00 bits per heavy atom. The standard InChI is InChI=1S/C20H18N4O/c25-20-23(17-12-6-2-7-13-17)21-19(16-10-4-1-5-11-16)22-24(20)18-14-8-3-9-15-18/h1-15,19,21-22H/i23+1. The van der Waals surface area contributed by atoms with Crippen LogP contribution in [0.2, 0.25) is 0 Å². The Hall–Kier alpha value is -3.15. The minimum absolute atomic E-state index is 0.190. The van der Waals surface area contributed by atoms with Crippen LogP contribution in [0.3, 0.4) is 0 Å². The molecule has 1 aliphatic heterocycles. The lowest BCUT2D eigenvalue weighted by molar-refractivity contribution is 0.231. The number of nitrogens with one attached hydrogen (secondary N) is 2. The maximum absolute atomic E-state index is 13.0. The molecule has 0 aliphatic carbocycles. The topological polar surface area (TPSA) is 47.6 Å². The minimum atomic E-state index is -0.237. The van der Waals surface area contributed by atoms with Gasteiger partial charge in [0.05, 0.1) is 11.4 Å². The van der Waals surface area contributed by atoms with E-state index in [2.05, 4.69) is 10.9 Å². The van der Waals surface area contributed by atoms with E-state index in [9.17, 15) is 4.79 Å². The number of rotatable bonds is 3. The van der Waals surface area contributed by atoms with E-state index in [4.69, 9.17) is 0 Å². The fourth-order valence-electron chi connectivity index (χ4n) is 2.82. The van der Waals surface area contributed by atoms with Gasteiger partial charge in [0, 0.05) is 0 Å².